The quantitative estimate of drug-likeness (QED) is 0.0654. The number of nitrogens with two attached hydrogens (primary N) is 2. The number of hydrogen-bond acceptors (Lipinski definition) is 16. The third kappa shape index (κ3) is 20.9. The van der Waals surface area contributed by atoms with E-state index in [4.69, 9.17) is 11.5 Å². The number of primary amides is 1. The highest BCUT2D eigenvalue weighted by atomic mass is 32.2. The van der Waals surface area contributed by atoms with Gasteiger partial charge in [-0.3, -0.25) is 52.7 Å². The van der Waals surface area contributed by atoms with Crippen molar-refractivity contribution < 1.29 is 66.6 Å². The summed E-state index contributed by atoms with van der Waals surface area (Å²) >= 11 is 2.83. The maximum Gasteiger partial charge on any atom is 0.305 e. The molecule has 0 saturated carbocycles. The van der Waals surface area contributed by atoms with Crippen LogP contribution in [0.3, 0.4) is 0 Å². The Morgan fingerprint density at radius 3 is 1.86 bits per heavy atom. The fourth-order valence-electron chi connectivity index (χ4n) is 13.1. The molecule has 17 N–H and O–H groups in total. The second-order valence-corrected chi connectivity index (χ2v) is 28.0. The Kier molecular flexibility index (Phi) is 26.7. The number of carbonyl (C=O) groups is 11. The zero-order chi connectivity index (χ0) is 73.1. The number of aromatic amines is 2. The fraction of sp³-hybridized carbons (Fsp3) is 0.403. The number of carboxylic acids is 1. The molecule has 31 heteroatoms. The maximum absolute atomic E-state index is 15.3. The minimum absolute atomic E-state index is 0.0195. The van der Waals surface area contributed by atoms with Gasteiger partial charge in [-0.1, -0.05) is 66.7 Å². The molecule has 2 aromatic heterocycles. The number of nitrogens with zero attached hydrogens (tertiary/aromatic N) is 1. The van der Waals surface area contributed by atoms with Gasteiger partial charge in [-0.2, -0.15) is 23.5 Å². The number of thioether (sulfide) groups is 2. The largest absolute Gasteiger partial charge is 0.481 e. The smallest absolute Gasteiger partial charge is 0.305 e. The van der Waals surface area contributed by atoms with Gasteiger partial charge in [-0.05, 0) is 120 Å². The molecule has 7 aromatic rings. The number of carbonyl (C=O) groups excluding carboxylic acids is 10. The van der Waals surface area contributed by atoms with E-state index in [0.717, 1.165) is 21.9 Å². The number of nitrogens with one attached hydrogen (secondary N) is 12. The van der Waals surface area contributed by atoms with Gasteiger partial charge in [-0.15, -0.1) is 0 Å². The number of aliphatic carboxylic acids is 1. The normalized spacial score (nSPS) is 23.3. The van der Waals surface area contributed by atoms with Crippen LogP contribution in [0.4, 0.5) is 8.78 Å². The average Bonchev–Trinajstić information content (AvgIpc) is 1.47. The van der Waals surface area contributed by atoms with Crippen molar-refractivity contribution in [1.82, 2.24) is 68.0 Å². The summed E-state index contributed by atoms with van der Waals surface area (Å²) in [4.78, 5) is 165. The van der Waals surface area contributed by atoms with Gasteiger partial charge in [0.1, 0.15) is 60.0 Å². The van der Waals surface area contributed by atoms with Gasteiger partial charge in [-0.25, -0.2) is 8.78 Å². The first kappa shape index (κ1) is 75.7. The first-order valence-electron chi connectivity index (χ1n) is 34.2. The first-order chi connectivity index (χ1) is 49.7. The van der Waals surface area contributed by atoms with Crippen LogP contribution in [-0.4, -0.2) is 184 Å². The van der Waals surface area contributed by atoms with Crippen LogP contribution in [0.1, 0.15) is 79.2 Å². The van der Waals surface area contributed by atoms with Gasteiger partial charge in [0, 0.05) is 109 Å². The summed E-state index contributed by atoms with van der Waals surface area (Å²) in [6, 6.07) is 16.0. The summed E-state index contributed by atoms with van der Waals surface area (Å²) in [5.41, 5.74) is 15.7. The maximum atomic E-state index is 15.3. The Bertz CT molecular complexity index is 4260. The molecule has 0 spiro atoms. The number of halogens is 2. The monoisotopic (exact) mass is 1450 g/mol. The van der Waals surface area contributed by atoms with Crippen molar-refractivity contribution in [2.24, 2.45) is 11.5 Å². The van der Waals surface area contributed by atoms with E-state index in [2.05, 4.69) is 63.1 Å². The van der Waals surface area contributed by atoms with Crippen LogP contribution in [-0.2, 0) is 83.5 Å². The van der Waals surface area contributed by atoms with E-state index in [1.54, 1.807) is 12.1 Å². The topological polar surface area (TPSA) is 415 Å². The van der Waals surface area contributed by atoms with E-state index in [1.807, 2.05) is 54.6 Å². The number of carboxylic acid groups (broad SMARTS) is 1. The van der Waals surface area contributed by atoms with Crippen LogP contribution in [0.5, 0.6) is 0 Å². The molecule has 2 saturated heterocycles. The summed E-state index contributed by atoms with van der Waals surface area (Å²) in [7, 11) is 0. The van der Waals surface area contributed by atoms with E-state index in [1.165, 1.54) is 77.2 Å². The van der Waals surface area contributed by atoms with Crippen molar-refractivity contribution in [1.29, 1.82) is 0 Å². The third-order valence-corrected chi connectivity index (χ3v) is 20.5. The lowest BCUT2D eigenvalue weighted by atomic mass is 9.97. The Hall–Kier alpha value is -9.95. The van der Waals surface area contributed by atoms with Gasteiger partial charge < -0.3 is 84.6 Å². The van der Waals surface area contributed by atoms with Crippen LogP contribution >= 0.6 is 23.5 Å². The molecular weight excluding hydrogens is 1370 g/mol. The van der Waals surface area contributed by atoms with Crippen LogP contribution in [0.2, 0.25) is 0 Å². The molecule has 0 radical (unpaired) electrons. The zero-order valence-electron chi connectivity index (χ0n) is 56.4. The molecule has 546 valence electrons. The van der Waals surface area contributed by atoms with E-state index in [9.17, 15) is 43.1 Å². The van der Waals surface area contributed by atoms with Crippen molar-refractivity contribution in [3.05, 3.63) is 155 Å². The Balaban J connectivity index is 0.985. The zero-order valence-corrected chi connectivity index (χ0v) is 58.1. The lowest BCUT2D eigenvalue weighted by Gasteiger charge is -2.31. The van der Waals surface area contributed by atoms with E-state index >= 15 is 23.6 Å². The molecular formula is C72H85F2N15O12S2. The van der Waals surface area contributed by atoms with E-state index < -0.39 is 150 Å². The number of H-pyrrole nitrogens is 2. The molecule has 2 bridgehead atoms. The number of hydrogen-bond donors (Lipinski definition) is 15. The SMILES string of the molecule is NCCCC[C@@H]1NC(=O)CCSCc2cccc(c2)CSC[C@@H](C(N)=O)NC(=O)[C@@H]2CCCN2C(=O)[C@H](Cc2cccc3ccccc23)NC(=O)[C@H](CC2CNCN2)NC(=O)[C@H](CC(=O)O)NC(=O)[C@H](Cc2c[nH]c3ccc(F)cc23)NC(=O)[C@H](Cc2c[nH]c3ccc(F)cc23)NC(=O)CNC1=O. The van der Waals surface area contributed by atoms with Gasteiger partial charge in [0.2, 0.25) is 59.1 Å². The predicted molar refractivity (Wildman–Crippen MR) is 385 cm³/mol. The molecule has 5 aromatic carbocycles. The summed E-state index contributed by atoms with van der Waals surface area (Å²) in [5.74, 6) is -9.96. The number of fused-ring (bicyclic) bond motifs is 6. The standard InChI is InChI=1S/C72H85F2N15O12S2/c73-46-16-18-52-50(28-46)44(32-78-52)26-55-67(96)84-56(27-45-33-79-53-19-17-47(74)29-51(45)53)68(97)86-58(31-64(92)93)70(99)85-57(30-48-34-77-39-81-48)69(98)87-59(25-43-12-6-11-42-10-1-2-13-49(42)43)72(101)89-22-7-15-61(89)71(100)88-60(65(76)94)38-103-37-41-9-5-8-40(24-41)36-102-23-20-62(90)82-54(14-3-4-21-75)66(95)80-35-63(91)83-55/h1-2,5-6,8-13,16-19,24,28-29,32-33,48,54-61,77-79,81H,3-4,7,14-15,20-23,25-27,30-31,34-39,75H2,(H2,76,94)(H,80,95)(H,82,90)(H,83,91)(H,84,96)(H,85,99)(H,86,97)(H,87,98)(H,88,100)(H,92,93)/t48?,54-,55-,56-,57-,58-,59-,60-,61-/m0/s1. The highest BCUT2D eigenvalue weighted by Gasteiger charge is 2.41. The van der Waals surface area contributed by atoms with Gasteiger partial charge in [0.05, 0.1) is 13.0 Å². The van der Waals surface area contributed by atoms with Crippen molar-refractivity contribution in [3.63, 3.8) is 0 Å². The molecule has 3 aliphatic heterocycles. The molecule has 2 fully saturated rings. The summed E-state index contributed by atoms with van der Waals surface area (Å²) in [6.07, 6.45) is 2.46. The van der Waals surface area contributed by atoms with E-state index in [-0.39, 0.29) is 61.8 Å². The number of unbranched alkanes of at least 4 members (excludes halogenated alkanes) is 1. The Labute approximate surface area is 600 Å². The Morgan fingerprint density at radius 1 is 0.592 bits per heavy atom. The van der Waals surface area contributed by atoms with Crippen molar-refractivity contribution in [3.8, 4) is 0 Å². The van der Waals surface area contributed by atoms with E-state index in [0.29, 0.717) is 83.8 Å². The number of aromatic nitrogens is 2. The molecule has 103 heavy (non-hydrogen) atoms. The summed E-state index contributed by atoms with van der Waals surface area (Å²) < 4.78 is 29.9. The second-order valence-electron chi connectivity index (χ2n) is 25.9. The molecule has 5 heterocycles. The second kappa shape index (κ2) is 36.3. The summed E-state index contributed by atoms with van der Waals surface area (Å²) in [6.45, 7) is 0.266. The molecule has 27 nitrogen and oxygen atoms in total. The van der Waals surface area contributed by atoms with Gasteiger partial charge >= 0.3 is 5.97 Å². The third-order valence-electron chi connectivity index (χ3n) is 18.4. The highest BCUT2D eigenvalue weighted by molar-refractivity contribution is 7.98. The molecule has 9 atom stereocenters. The molecule has 1 unspecified atom stereocenters. The van der Waals surface area contributed by atoms with Crippen LogP contribution in [0.15, 0.2) is 116 Å². The minimum atomic E-state index is -2.00. The van der Waals surface area contributed by atoms with Crippen LogP contribution in [0.25, 0.3) is 32.6 Å². The number of amides is 10. The molecule has 3 aliphatic rings. The number of rotatable bonds is 15. The lowest BCUT2D eigenvalue weighted by Crippen LogP contribution is -2.61. The van der Waals surface area contributed by atoms with Crippen LogP contribution in [0, 0.1) is 11.6 Å². The molecule has 10 rings (SSSR count). The number of benzene rings is 5. The minimum Gasteiger partial charge on any atom is -0.481 e. The lowest BCUT2D eigenvalue weighted by molar-refractivity contribution is -0.143. The van der Waals surface area contributed by atoms with Crippen molar-refractivity contribution in [2.75, 3.05) is 44.4 Å². The van der Waals surface area contributed by atoms with Crippen LogP contribution < -0.4 is 64.6 Å². The summed E-state index contributed by atoms with van der Waals surface area (Å²) in [5, 5.41) is 40.3. The fourth-order valence-corrected chi connectivity index (χ4v) is 15.0. The van der Waals surface area contributed by atoms with Crippen molar-refractivity contribution in [2.45, 2.75) is 137 Å². The predicted octanol–water partition coefficient (Wildman–Crippen LogP) is 2.18. The average molecular weight is 1450 g/mol. The van der Waals surface area contributed by atoms with Gasteiger partial charge in [0.15, 0.2) is 0 Å². The van der Waals surface area contributed by atoms with Gasteiger partial charge in [0.25, 0.3) is 0 Å². The molecule has 10 amide bonds. The highest BCUT2D eigenvalue weighted by Crippen LogP contribution is 2.27. The molecule has 0 aliphatic carbocycles. The van der Waals surface area contributed by atoms with Crippen molar-refractivity contribution >= 4 is 121 Å². The first-order valence-corrected chi connectivity index (χ1v) is 36.5. The Morgan fingerprint density at radius 2 is 1.19 bits per heavy atom.